The summed E-state index contributed by atoms with van der Waals surface area (Å²) in [6, 6.07) is 0. The minimum atomic E-state index is -4.37. The molecule has 0 aliphatic carbocycles. The fourth-order valence-corrected chi connectivity index (χ4v) is 1.59. The predicted molar refractivity (Wildman–Crippen MR) is 48.9 cm³/mol. The van der Waals surface area contributed by atoms with E-state index < -0.39 is 21.7 Å². The van der Waals surface area contributed by atoms with Crippen molar-refractivity contribution >= 4 is 10.1 Å². The molecule has 0 amide bonds. The molecule has 0 aliphatic heterocycles. The molecular weight excluding hydrogens is 219 g/mol. The standard InChI is InChI=1S/C7H14O5S.Na.H/c1-3-5-12-7(6(8)4-2)13(9,10)11;;/h3,6-8H,1,4-5H2,2H3,(H,9,10,11);;/q;+1;-1. The van der Waals surface area contributed by atoms with Crippen LogP contribution in [0.25, 0.3) is 0 Å². The summed E-state index contributed by atoms with van der Waals surface area (Å²) in [6.07, 6.45) is 0.289. The van der Waals surface area contributed by atoms with E-state index in [0.29, 0.717) is 0 Å². The van der Waals surface area contributed by atoms with Crippen LogP contribution in [0.2, 0.25) is 0 Å². The first-order valence-corrected chi connectivity index (χ1v) is 5.30. The molecule has 2 unspecified atom stereocenters. The minimum absolute atomic E-state index is 0. The van der Waals surface area contributed by atoms with Crippen LogP contribution in [-0.4, -0.2) is 36.2 Å². The Labute approximate surface area is 108 Å². The third kappa shape index (κ3) is 6.13. The largest absolute Gasteiger partial charge is 1.00 e. The van der Waals surface area contributed by atoms with Crippen molar-refractivity contribution in [2.45, 2.75) is 24.9 Å². The average Bonchev–Trinajstić information content (AvgIpc) is 2.02. The number of rotatable bonds is 6. The van der Waals surface area contributed by atoms with Crippen molar-refractivity contribution in [1.82, 2.24) is 0 Å². The van der Waals surface area contributed by atoms with Crippen LogP contribution in [0.1, 0.15) is 14.8 Å². The van der Waals surface area contributed by atoms with Gasteiger partial charge < -0.3 is 11.3 Å². The third-order valence-electron chi connectivity index (χ3n) is 1.40. The Balaban J connectivity index is -0.000000720. The molecule has 7 heteroatoms. The Kier molecular flexibility index (Phi) is 9.47. The number of hydrogen-bond acceptors (Lipinski definition) is 4. The van der Waals surface area contributed by atoms with Crippen molar-refractivity contribution < 1.29 is 53.8 Å². The van der Waals surface area contributed by atoms with Gasteiger partial charge in [0.15, 0.2) is 0 Å². The van der Waals surface area contributed by atoms with Gasteiger partial charge in [-0.05, 0) is 6.42 Å². The van der Waals surface area contributed by atoms with Crippen molar-refractivity contribution in [2.24, 2.45) is 0 Å². The molecule has 14 heavy (non-hydrogen) atoms. The fraction of sp³-hybridized carbons (Fsp3) is 0.714. The van der Waals surface area contributed by atoms with Crippen molar-refractivity contribution in [2.75, 3.05) is 6.61 Å². The van der Waals surface area contributed by atoms with E-state index >= 15 is 0 Å². The molecule has 0 rings (SSSR count). The summed E-state index contributed by atoms with van der Waals surface area (Å²) in [6.45, 7) is 4.86. The fourth-order valence-electron chi connectivity index (χ4n) is 0.751. The second-order valence-corrected chi connectivity index (χ2v) is 3.98. The van der Waals surface area contributed by atoms with Crippen LogP contribution in [0.4, 0.5) is 0 Å². The smallest absolute Gasteiger partial charge is 1.00 e. The molecule has 0 heterocycles. The third-order valence-corrected chi connectivity index (χ3v) is 2.44. The summed E-state index contributed by atoms with van der Waals surface area (Å²) >= 11 is 0. The molecule has 0 aromatic heterocycles. The zero-order valence-electron chi connectivity index (χ0n) is 9.38. The monoisotopic (exact) mass is 234 g/mol. The maximum absolute atomic E-state index is 10.7. The molecule has 2 atom stereocenters. The Morgan fingerprint density at radius 2 is 2.14 bits per heavy atom. The van der Waals surface area contributed by atoms with Crippen molar-refractivity contribution in [1.29, 1.82) is 0 Å². The summed E-state index contributed by atoms with van der Waals surface area (Å²) in [5, 5.41) is 9.18. The van der Waals surface area contributed by atoms with Crippen LogP contribution >= 0.6 is 0 Å². The van der Waals surface area contributed by atoms with Gasteiger partial charge in [-0.15, -0.1) is 6.58 Å². The van der Waals surface area contributed by atoms with E-state index in [0.717, 1.165) is 0 Å². The van der Waals surface area contributed by atoms with E-state index in [9.17, 15) is 13.5 Å². The molecule has 0 aromatic rings. The van der Waals surface area contributed by atoms with Crippen LogP contribution in [0.5, 0.6) is 0 Å². The molecule has 0 aromatic carbocycles. The Morgan fingerprint density at radius 1 is 1.64 bits per heavy atom. The first-order chi connectivity index (χ1) is 5.93. The van der Waals surface area contributed by atoms with Gasteiger partial charge >= 0.3 is 29.6 Å². The number of aliphatic hydroxyl groups is 1. The Hall–Kier alpha value is 0.570. The molecule has 80 valence electrons. The first-order valence-electron chi connectivity index (χ1n) is 3.80. The van der Waals surface area contributed by atoms with E-state index in [1.807, 2.05) is 0 Å². The quantitative estimate of drug-likeness (QED) is 0.296. The topological polar surface area (TPSA) is 83.8 Å². The second kappa shape index (κ2) is 7.81. The summed E-state index contributed by atoms with van der Waals surface area (Å²) in [5.74, 6) is 0. The van der Waals surface area contributed by atoms with Gasteiger partial charge in [-0.2, -0.15) is 8.42 Å². The van der Waals surface area contributed by atoms with Gasteiger partial charge in [0.2, 0.25) is 5.44 Å². The maximum atomic E-state index is 10.7. The van der Waals surface area contributed by atoms with E-state index in [4.69, 9.17) is 9.29 Å². The molecule has 0 fully saturated rings. The molecule has 5 nitrogen and oxygen atoms in total. The Bertz CT molecular complexity index is 256. The van der Waals surface area contributed by atoms with E-state index in [-0.39, 0.29) is 44.0 Å². The second-order valence-electron chi connectivity index (χ2n) is 2.48. The van der Waals surface area contributed by atoms with Crippen molar-refractivity contribution in [3.63, 3.8) is 0 Å². The summed E-state index contributed by atoms with van der Waals surface area (Å²) < 4.78 is 34.7. The van der Waals surface area contributed by atoms with Gasteiger partial charge in [0, 0.05) is 0 Å². The van der Waals surface area contributed by atoms with Crippen LogP contribution in [-0.2, 0) is 14.9 Å². The van der Waals surface area contributed by atoms with E-state index in [2.05, 4.69) is 6.58 Å². The van der Waals surface area contributed by atoms with Crippen LogP contribution < -0.4 is 29.6 Å². The van der Waals surface area contributed by atoms with Gasteiger partial charge in [-0.3, -0.25) is 4.55 Å². The zero-order chi connectivity index (χ0) is 10.5. The molecule has 2 N–H and O–H groups in total. The minimum Gasteiger partial charge on any atom is -1.00 e. The van der Waals surface area contributed by atoms with Crippen LogP contribution in [0.3, 0.4) is 0 Å². The van der Waals surface area contributed by atoms with Crippen LogP contribution in [0.15, 0.2) is 12.7 Å². The Morgan fingerprint density at radius 3 is 2.43 bits per heavy atom. The van der Waals surface area contributed by atoms with Crippen LogP contribution in [0, 0.1) is 0 Å². The number of ether oxygens (including phenoxy) is 1. The van der Waals surface area contributed by atoms with Gasteiger partial charge in [0.05, 0.1) is 12.7 Å². The molecule has 0 bridgehead atoms. The van der Waals surface area contributed by atoms with Crippen molar-refractivity contribution in [3.8, 4) is 0 Å². The van der Waals surface area contributed by atoms with Crippen molar-refractivity contribution in [3.05, 3.63) is 12.7 Å². The summed E-state index contributed by atoms with van der Waals surface area (Å²) in [4.78, 5) is 0. The van der Waals surface area contributed by atoms with Gasteiger partial charge in [-0.25, -0.2) is 0 Å². The summed E-state index contributed by atoms with van der Waals surface area (Å²) in [5.41, 5.74) is -1.59. The SMILES string of the molecule is C=CCOC(C(O)CC)S(=O)(=O)O.[H-].[Na+]. The molecule has 0 spiro atoms. The maximum Gasteiger partial charge on any atom is 1.00 e. The number of aliphatic hydroxyl groups excluding tert-OH is 1. The zero-order valence-corrected chi connectivity index (χ0v) is 11.2. The molecule has 0 radical (unpaired) electrons. The predicted octanol–water partition coefficient (Wildman–Crippen LogP) is -2.71. The van der Waals surface area contributed by atoms with Gasteiger partial charge in [0.1, 0.15) is 0 Å². The van der Waals surface area contributed by atoms with Gasteiger partial charge in [-0.1, -0.05) is 13.0 Å². The summed E-state index contributed by atoms with van der Waals surface area (Å²) in [7, 11) is -4.37. The molecule has 0 aliphatic rings. The molecule has 0 saturated heterocycles. The first kappa shape index (κ1) is 17.0. The molecule has 0 saturated carbocycles. The number of hydrogen-bond donors (Lipinski definition) is 2. The van der Waals surface area contributed by atoms with Gasteiger partial charge in [0.25, 0.3) is 10.1 Å². The normalized spacial score (nSPS) is 15.4. The van der Waals surface area contributed by atoms with E-state index in [1.165, 1.54) is 6.08 Å². The average molecular weight is 234 g/mol. The molecular formula is C7H15NaO5S. The van der Waals surface area contributed by atoms with E-state index in [1.54, 1.807) is 6.92 Å².